The zero-order chi connectivity index (χ0) is 13.4. The molecule has 2 nitrogen and oxygen atoms in total. The molecule has 2 aromatic heterocycles. The quantitative estimate of drug-likeness (QED) is 0.687. The standard InChI is InChI=1S/C10H11ClN2.2C2H6/c1-7(2)9-5-12-10-4-3-8(11)6-13(9)10;2*1-2/h3-7H,1-2H3;2*1-2H3. The Morgan fingerprint density at radius 3 is 2.24 bits per heavy atom. The van der Waals surface area contributed by atoms with Gasteiger partial charge in [-0.2, -0.15) is 0 Å². The van der Waals surface area contributed by atoms with E-state index in [4.69, 9.17) is 11.6 Å². The molecule has 0 aliphatic carbocycles. The van der Waals surface area contributed by atoms with Crippen molar-refractivity contribution in [2.24, 2.45) is 0 Å². The summed E-state index contributed by atoms with van der Waals surface area (Å²) in [6.45, 7) is 12.3. The van der Waals surface area contributed by atoms with Gasteiger partial charge < -0.3 is 4.40 Å². The van der Waals surface area contributed by atoms with Crippen molar-refractivity contribution >= 4 is 17.2 Å². The van der Waals surface area contributed by atoms with Crippen molar-refractivity contribution in [3.05, 3.63) is 35.2 Å². The predicted octanol–water partition coefficient (Wildman–Crippen LogP) is 5.16. The molecule has 0 saturated heterocycles. The molecule has 0 aromatic carbocycles. The number of imidazole rings is 1. The van der Waals surface area contributed by atoms with Gasteiger partial charge in [0.05, 0.1) is 5.02 Å². The molecule has 17 heavy (non-hydrogen) atoms. The van der Waals surface area contributed by atoms with E-state index in [0.29, 0.717) is 5.92 Å². The van der Waals surface area contributed by atoms with Crippen LogP contribution in [0.4, 0.5) is 0 Å². The van der Waals surface area contributed by atoms with E-state index in [1.165, 1.54) is 5.69 Å². The number of aromatic nitrogens is 2. The van der Waals surface area contributed by atoms with E-state index in [2.05, 4.69) is 18.8 Å². The van der Waals surface area contributed by atoms with Crippen LogP contribution >= 0.6 is 11.6 Å². The molecule has 2 aromatic rings. The van der Waals surface area contributed by atoms with Crippen molar-refractivity contribution < 1.29 is 0 Å². The smallest absolute Gasteiger partial charge is 0.136 e. The maximum atomic E-state index is 5.90. The minimum absolute atomic E-state index is 0.466. The maximum Gasteiger partial charge on any atom is 0.136 e. The van der Waals surface area contributed by atoms with Gasteiger partial charge >= 0.3 is 0 Å². The van der Waals surface area contributed by atoms with Crippen molar-refractivity contribution in [2.75, 3.05) is 0 Å². The second kappa shape index (κ2) is 8.13. The van der Waals surface area contributed by atoms with E-state index in [1.807, 2.05) is 56.6 Å². The van der Waals surface area contributed by atoms with E-state index in [1.54, 1.807) is 0 Å². The molecule has 0 N–H and O–H groups in total. The first-order chi connectivity index (χ1) is 8.18. The van der Waals surface area contributed by atoms with E-state index in [0.717, 1.165) is 10.7 Å². The summed E-state index contributed by atoms with van der Waals surface area (Å²) in [6, 6.07) is 3.78. The Hall–Kier alpha value is -1.02. The van der Waals surface area contributed by atoms with Crippen molar-refractivity contribution in [3.8, 4) is 0 Å². The topological polar surface area (TPSA) is 17.3 Å². The molecule has 0 atom stereocenters. The molecule has 0 spiro atoms. The molecule has 0 unspecified atom stereocenters. The lowest BCUT2D eigenvalue weighted by Gasteiger charge is -2.04. The minimum atomic E-state index is 0.466. The third kappa shape index (κ3) is 4.04. The van der Waals surface area contributed by atoms with Crippen LogP contribution in [0.15, 0.2) is 24.5 Å². The normalized spacial score (nSPS) is 9.41. The number of hydrogen-bond donors (Lipinski definition) is 0. The third-order valence-electron chi connectivity index (χ3n) is 2.09. The fraction of sp³-hybridized carbons (Fsp3) is 0.500. The lowest BCUT2D eigenvalue weighted by molar-refractivity contribution is 0.809. The molecule has 0 fully saturated rings. The highest BCUT2D eigenvalue weighted by atomic mass is 35.5. The summed E-state index contributed by atoms with van der Waals surface area (Å²) in [4.78, 5) is 4.29. The Kier molecular flexibility index (Phi) is 7.64. The van der Waals surface area contributed by atoms with Gasteiger partial charge in [0, 0.05) is 18.1 Å². The number of halogens is 1. The average Bonchev–Trinajstić information content (AvgIpc) is 2.77. The Bertz CT molecular complexity index is 433. The van der Waals surface area contributed by atoms with Crippen LogP contribution in [0.1, 0.15) is 53.2 Å². The van der Waals surface area contributed by atoms with Crippen LogP contribution in [0, 0.1) is 0 Å². The lowest BCUT2D eigenvalue weighted by atomic mass is 10.1. The second-order valence-corrected chi connectivity index (χ2v) is 3.85. The Morgan fingerprint density at radius 2 is 1.71 bits per heavy atom. The summed E-state index contributed by atoms with van der Waals surface area (Å²) in [5.41, 5.74) is 2.14. The van der Waals surface area contributed by atoms with Gasteiger partial charge in [-0.1, -0.05) is 53.1 Å². The van der Waals surface area contributed by atoms with Crippen LogP contribution in [0.5, 0.6) is 0 Å². The number of hydrogen-bond acceptors (Lipinski definition) is 1. The molecular weight excluding hydrogens is 232 g/mol. The van der Waals surface area contributed by atoms with E-state index in [9.17, 15) is 0 Å². The first-order valence-electron chi connectivity index (χ1n) is 6.31. The highest BCUT2D eigenvalue weighted by Gasteiger charge is 2.06. The summed E-state index contributed by atoms with van der Waals surface area (Å²) < 4.78 is 2.03. The van der Waals surface area contributed by atoms with Crippen LogP contribution < -0.4 is 0 Å². The van der Waals surface area contributed by atoms with Crippen molar-refractivity contribution in [3.63, 3.8) is 0 Å². The Balaban J connectivity index is 0.000000581. The van der Waals surface area contributed by atoms with Crippen LogP contribution in [-0.2, 0) is 0 Å². The molecule has 0 aliphatic rings. The first-order valence-corrected chi connectivity index (χ1v) is 6.69. The van der Waals surface area contributed by atoms with Crippen molar-refractivity contribution in [1.29, 1.82) is 0 Å². The summed E-state index contributed by atoms with van der Waals surface area (Å²) in [5, 5.41) is 0.743. The number of fused-ring (bicyclic) bond motifs is 1. The maximum absolute atomic E-state index is 5.90. The van der Waals surface area contributed by atoms with Gasteiger partial charge in [-0.25, -0.2) is 4.98 Å². The summed E-state index contributed by atoms with van der Waals surface area (Å²) >= 11 is 5.90. The average molecular weight is 255 g/mol. The van der Waals surface area contributed by atoms with Crippen LogP contribution in [-0.4, -0.2) is 9.38 Å². The van der Waals surface area contributed by atoms with Gasteiger partial charge in [-0.3, -0.25) is 0 Å². The highest BCUT2D eigenvalue weighted by Crippen LogP contribution is 2.18. The van der Waals surface area contributed by atoms with E-state index >= 15 is 0 Å². The first kappa shape index (κ1) is 16.0. The molecule has 0 amide bonds. The van der Waals surface area contributed by atoms with Gasteiger partial charge in [-0.15, -0.1) is 0 Å². The SMILES string of the molecule is CC.CC.CC(C)c1cnc2ccc(Cl)cn12. The number of rotatable bonds is 1. The lowest BCUT2D eigenvalue weighted by Crippen LogP contribution is -1.93. The van der Waals surface area contributed by atoms with Crippen molar-refractivity contribution in [2.45, 2.75) is 47.5 Å². The molecule has 2 rings (SSSR count). The van der Waals surface area contributed by atoms with Gasteiger partial charge in [0.2, 0.25) is 0 Å². The van der Waals surface area contributed by atoms with E-state index < -0.39 is 0 Å². The minimum Gasteiger partial charge on any atom is -0.302 e. The molecule has 0 saturated carbocycles. The zero-order valence-electron chi connectivity index (χ0n) is 11.7. The number of pyridine rings is 1. The van der Waals surface area contributed by atoms with Gasteiger partial charge in [0.1, 0.15) is 5.65 Å². The van der Waals surface area contributed by atoms with Gasteiger partial charge in [0.25, 0.3) is 0 Å². The third-order valence-corrected chi connectivity index (χ3v) is 2.31. The largest absolute Gasteiger partial charge is 0.302 e. The second-order valence-electron chi connectivity index (χ2n) is 3.41. The van der Waals surface area contributed by atoms with Crippen LogP contribution in [0.3, 0.4) is 0 Å². The van der Waals surface area contributed by atoms with Gasteiger partial charge in [0.15, 0.2) is 0 Å². The van der Waals surface area contributed by atoms with Gasteiger partial charge in [-0.05, 0) is 18.1 Å². The van der Waals surface area contributed by atoms with Crippen LogP contribution in [0.2, 0.25) is 5.02 Å². The summed E-state index contributed by atoms with van der Waals surface area (Å²) in [7, 11) is 0. The molecule has 96 valence electrons. The summed E-state index contributed by atoms with van der Waals surface area (Å²) in [6.07, 6.45) is 3.80. The Morgan fingerprint density at radius 1 is 1.12 bits per heavy atom. The fourth-order valence-electron chi connectivity index (χ4n) is 1.40. The monoisotopic (exact) mass is 254 g/mol. The fourth-order valence-corrected chi connectivity index (χ4v) is 1.56. The van der Waals surface area contributed by atoms with Crippen LogP contribution in [0.25, 0.3) is 5.65 Å². The molecule has 0 bridgehead atoms. The summed E-state index contributed by atoms with van der Waals surface area (Å²) in [5.74, 6) is 0.466. The molecule has 0 aliphatic heterocycles. The molecule has 3 heteroatoms. The highest BCUT2D eigenvalue weighted by molar-refractivity contribution is 6.30. The predicted molar refractivity (Wildman–Crippen MR) is 77.0 cm³/mol. The Labute approximate surface area is 110 Å². The number of nitrogens with zero attached hydrogens (tertiary/aromatic N) is 2. The zero-order valence-corrected chi connectivity index (χ0v) is 12.4. The molecule has 0 radical (unpaired) electrons. The van der Waals surface area contributed by atoms with Crippen molar-refractivity contribution in [1.82, 2.24) is 9.38 Å². The van der Waals surface area contributed by atoms with E-state index in [-0.39, 0.29) is 0 Å². The molecule has 2 heterocycles. The molecular formula is C14H23ClN2.